The average molecular weight is 688 g/mol. The molecule has 2 heterocycles. The molecule has 2 saturated heterocycles. The van der Waals surface area contributed by atoms with E-state index in [0.717, 1.165) is 61.4 Å². The monoisotopic (exact) mass is 686 g/mol. The fourth-order valence-electron chi connectivity index (χ4n) is 5.51. The molecular weight excluding hydrogens is 640 g/mol. The summed E-state index contributed by atoms with van der Waals surface area (Å²) < 4.78 is 6.91. The summed E-state index contributed by atoms with van der Waals surface area (Å²) in [6.07, 6.45) is 9.16. The molecule has 0 saturated carbocycles. The largest absolute Gasteiger partial charge is 0.494 e. The molecule has 11 heteroatoms. The van der Waals surface area contributed by atoms with Crippen molar-refractivity contribution in [1.29, 1.82) is 0 Å². The number of carboxylic acid groups (broad SMARTS) is 2. The summed E-state index contributed by atoms with van der Waals surface area (Å²) in [5.74, 6) is -1.65. The number of urea groups is 1. The van der Waals surface area contributed by atoms with Crippen molar-refractivity contribution in [3.63, 3.8) is 0 Å². The van der Waals surface area contributed by atoms with E-state index < -0.39 is 11.9 Å². The number of hydrogen-bond donors (Lipinski definition) is 2. The van der Waals surface area contributed by atoms with Crippen LogP contribution in [-0.2, 0) is 9.59 Å². The topological polar surface area (TPSA) is 114 Å². The van der Waals surface area contributed by atoms with Crippen LogP contribution in [0.5, 0.6) is 5.75 Å². The second-order valence-electron chi connectivity index (χ2n) is 11.2. The van der Waals surface area contributed by atoms with E-state index in [4.69, 9.17) is 14.9 Å². The summed E-state index contributed by atoms with van der Waals surface area (Å²) in [7, 11) is 0. The maximum Gasteiger partial charge on any atom is 0.328 e. The van der Waals surface area contributed by atoms with E-state index in [1.807, 2.05) is 59.5 Å². The molecule has 0 aliphatic carbocycles. The number of nitrogens with zero attached hydrogens (tertiary/aromatic N) is 4. The maximum absolute atomic E-state index is 14.0. The summed E-state index contributed by atoms with van der Waals surface area (Å²) in [4.78, 5) is 42.3. The third-order valence-corrected chi connectivity index (χ3v) is 8.22. The molecule has 2 aromatic carbocycles. The molecule has 0 aromatic heterocycles. The van der Waals surface area contributed by atoms with E-state index in [9.17, 15) is 14.4 Å². The van der Waals surface area contributed by atoms with Gasteiger partial charge < -0.3 is 29.6 Å². The lowest BCUT2D eigenvalue weighted by atomic mass is 10.2. The quantitative estimate of drug-likeness (QED) is 0.168. The predicted molar refractivity (Wildman–Crippen MR) is 180 cm³/mol. The summed E-state index contributed by atoms with van der Waals surface area (Å²) in [6, 6.07) is 18.1. The van der Waals surface area contributed by atoms with Crippen molar-refractivity contribution < 1.29 is 29.3 Å². The number of amides is 2. The second kappa shape index (κ2) is 20.6. The Morgan fingerprint density at radius 3 is 1.82 bits per heavy atom. The molecule has 4 rings (SSSR count). The molecule has 0 bridgehead atoms. The molecule has 0 atom stereocenters. The van der Waals surface area contributed by atoms with Gasteiger partial charge in [0.25, 0.3) is 0 Å². The molecule has 2 amide bonds. The van der Waals surface area contributed by atoms with Crippen LogP contribution in [0, 0.1) is 0 Å². The number of carbonyl (C=O) groups is 3. The van der Waals surface area contributed by atoms with Crippen molar-refractivity contribution in [2.75, 3.05) is 70.4 Å². The highest BCUT2D eigenvalue weighted by molar-refractivity contribution is 9.10. The Kier molecular flexibility index (Phi) is 16.5. The van der Waals surface area contributed by atoms with E-state index in [1.54, 1.807) is 0 Å². The molecular formula is C34H47BrN4O6. The van der Waals surface area contributed by atoms with Gasteiger partial charge in [-0.15, -0.1) is 0 Å². The molecule has 10 nitrogen and oxygen atoms in total. The standard InChI is InChI=1S/C30H43BrN4O2.C4H4O4/c31-27-12-8-13-28(26-27)35(24-11-25-37-29-14-2-1-3-15-29)30(36)34(22-9-20-32-16-4-5-17-32)23-10-21-33-18-6-7-19-33;5-3(6)1-2-4(7)8/h1-3,8,12-15,26H,4-7,9-11,16-25H2;1-2H,(H,5,6)(H,7,8). The van der Waals surface area contributed by atoms with Gasteiger partial charge in [0.15, 0.2) is 0 Å². The molecule has 2 fully saturated rings. The minimum absolute atomic E-state index is 0.112. The van der Waals surface area contributed by atoms with Crippen LogP contribution >= 0.6 is 15.9 Å². The molecule has 0 spiro atoms. The van der Waals surface area contributed by atoms with Crippen LogP contribution in [0.1, 0.15) is 44.9 Å². The van der Waals surface area contributed by atoms with Gasteiger partial charge in [-0.25, -0.2) is 14.4 Å². The number of para-hydroxylation sites is 1. The summed E-state index contributed by atoms with van der Waals surface area (Å²) in [5, 5.41) is 15.6. The zero-order valence-electron chi connectivity index (χ0n) is 26.1. The SMILES string of the molecule is O=C(N(CCCN1CCCC1)CCCN1CCCC1)N(CCCOc1ccccc1)c1cccc(Br)c1.O=C(O)C=CC(=O)O. The predicted octanol–water partition coefficient (Wildman–Crippen LogP) is 5.83. The first-order valence-electron chi connectivity index (χ1n) is 15.9. The first-order chi connectivity index (χ1) is 21.8. The van der Waals surface area contributed by atoms with Crippen molar-refractivity contribution in [3.8, 4) is 5.75 Å². The summed E-state index contributed by atoms with van der Waals surface area (Å²) in [5.41, 5.74) is 0.933. The minimum Gasteiger partial charge on any atom is -0.494 e. The number of benzene rings is 2. The molecule has 2 aliphatic heterocycles. The van der Waals surface area contributed by atoms with E-state index in [1.165, 1.54) is 51.9 Å². The summed E-state index contributed by atoms with van der Waals surface area (Å²) >= 11 is 3.60. The Labute approximate surface area is 275 Å². The normalized spacial score (nSPS) is 15.0. The van der Waals surface area contributed by atoms with Crippen LogP contribution in [-0.4, -0.2) is 108 Å². The Hall–Kier alpha value is -3.41. The van der Waals surface area contributed by atoms with Crippen molar-refractivity contribution in [2.24, 2.45) is 0 Å². The lowest BCUT2D eigenvalue weighted by Crippen LogP contribution is -2.46. The maximum atomic E-state index is 14.0. The number of aliphatic carboxylic acids is 2. The second-order valence-corrected chi connectivity index (χ2v) is 12.1. The van der Waals surface area contributed by atoms with Gasteiger partial charge in [0.1, 0.15) is 5.75 Å². The van der Waals surface area contributed by atoms with Gasteiger partial charge in [0.05, 0.1) is 6.61 Å². The van der Waals surface area contributed by atoms with Crippen molar-refractivity contribution in [3.05, 3.63) is 71.2 Å². The van der Waals surface area contributed by atoms with Crippen LogP contribution < -0.4 is 9.64 Å². The molecule has 2 aliphatic rings. The Morgan fingerprint density at radius 2 is 1.31 bits per heavy atom. The van der Waals surface area contributed by atoms with E-state index >= 15 is 0 Å². The zero-order valence-corrected chi connectivity index (χ0v) is 27.7. The van der Waals surface area contributed by atoms with E-state index in [0.29, 0.717) is 25.3 Å². The van der Waals surface area contributed by atoms with Gasteiger partial charge in [0, 0.05) is 41.9 Å². The lowest BCUT2D eigenvalue weighted by molar-refractivity contribution is -0.134. The number of anilines is 1. The van der Waals surface area contributed by atoms with Crippen LogP contribution in [0.3, 0.4) is 0 Å². The Bertz CT molecular complexity index is 1160. The van der Waals surface area contributed by atoms with Crippen LogP contribution in [0.4, 0.5) is 10.5 Å². The number of carboxylic acids is 2. The highest BCUT2D eigenvalue weighted by atomic mass is 79.9. The van der Waals surface area contributed by atoms with Gasteiger partial charge in [-0.1, -0.05) is 40.2 Å². The number of carbonyl (C=O) groups excluding carboxylic acids is 1. The molecule has 2 N–H and O–H groups in total. The number of hydrogen-bond acceptors (Lipinski definition) is 6. The highest BCUT2D eigenvalue weighted by Crippen LogP contribution is 2.22. The minimum atomic E-state index is -1.26. The van der Waals surface area contributed by atoms with Crippen LogP contribution in [0.15, 0.2) is 71.2 Å². The first kappa shape index (κ1) is 36.1. The molecule has 0 unspecified atom stereocenters. The van der Waals surface area contributed by atoms with Crippen molar-refractivity contribution in [1.82, 2.24) is 14.7 Å². The van der Waals surface area contributed by atoms with Crippen molar-refractivity contribution >= 4 is 39.6 Å². The molecule has 45 heavy (non-hydrogen) atoms. The van der Waals surface area contributed by atoms with E-state index in [-0.39, 0.29) is 6.03 Å². The number of halogens is 1. The van der Waals surface area contributed by atoms with Gasteiger partial charge in [0.2, 0.25) is 0 Å². The fraction of sp³-hybridized carbons (Fsp3) is 0.500. The third kappa shape index (κ3) is 14.5. The first-order valence-corrected chi connectivity index (χ1v) is 16.7. The van der Waals surface area contributed by atoms with Gasteiger partial charge in [-0.05, 0) is 115 Å². The Morgan fingerprint density at radius 1 is 0.756 bits per heavy atom. The number of likely N-dealkylation sites (tertiary alicyclic amines) is 2. The smallest absolute Gasteiger partial charge is 0.328 e. The molecule has 0 radical (unpaired) electrons. The fourth-order valence-corrected chi connectivity index (χ4v) is 5.89. The number of ether oxygens (including phenoxy) is 1. The number of rotatable bonds is 16. The van der Waals surface area contributed by atoms with Crippen LogP contribution in [0.2, 0.25) is 0 Å². The molecule has 2 aromatic rings. The van der Waals surface area contributed by atoms with Gasteiger partial charge in [-0.2, -0.15) is 0 Å². The average Bonchev–Trinajstić information content (AvgIpc) is 3.75. The zero-order chi connectivity index (χ0) is 32.3. The van der Waals surface area contributed by atoms with Gasteiger partial charge in [-0.3, -0.25) is 4.90 Å². The van der Waals surface area contributed by atoms with Crippen molar-refractivity contribution in [2.45, 2.75) is 44.9 Å². The van der Waals surface area contributed by atoms with E-state index in [2.05, 4.69) is 30.6 Å². The lowest BCUT2D eigenvalue weighted by Gasteiger charge is -2.32. The van der Waals surface area contributed by atoms with Crippen LogP contribution in [0.25, 0.3) is 0 Å². The summed E-state index contributed by atoms with van der Waals surface area (Å²) in [6.45, 7) is 9.78. The molecule has 246 valence electrons. The third-order valence-electron chi connectivity index (χ3n) is 7.73. The van der Waals surface area contributed by atoms with Gasteiger partial charge >= 0.3 is 18.0 Å². The highest BCUT2D eigenvalue weighted by Gasteiger charge is 2.23. The Balaban J connectivity index is 0.000000610.